The van der Waals surface area contributed by atoms with Gasteiger partial charge >= 0.3 is 0 Å². The highest BCUT2D eigenvalue weighted by Gasteiger charge is 2.25. The van der Waals surface area contributed by atoms with E-state index in [-0.39, 0.29) is 47.0 Å². The second-order valence-electron chi connectivity index (χ2n) is 8.44. The fourth-order valence-corrected chi connectivity index (χ4v) is 4.35. The van der Waals surface area contributed by atoms with Crippen molar-refractivity contribution in [3.63, 3.8) is 0 Å². The van der Waals surface area contributed by atoms with E-state index in [2.05, 4.69) is 15.3 Å². The zero-order chi connectivity index (χ0) is 25.8. The normalized spacial score (nSPS) is 14.5. The molecule has 0 radical (unpaired) electrons. The predicted molar refractivity (Wildman–Crippen MR) is 134 cm³/mol. The van der Waals surface area contributed by atoms with Crippen LogP contribution in [0.4, 0.5) is 14.6 Å². The molecule has 2 aromatic carbocycles. The Morgan fingerprint density at radius 1 is 1.19 bits per heavy atom. The summed E-state index contributed by atoms with van der Waals surface area (Å²) in [7, 11) is 2.76. The van der Waals surface area contributed by atoms with Gasteiger partial charge in [-0.3, -0.25) is 4.79 Å². The Hall–Kier alpha value is -3.79. The molecular formula is C26H29F2N5O3. The SMILES string of the molecule is CCNC(CC(=O)N1CC=C(c2nc(N)c3cc(OC)c(OC)c(F)c3n2)CC1)c1ccc(F)cc1. The van der Waals surface area contributed by atoms with Crippen LogP contribution < -0.4 is 20.5 Å². The Morgan fingerprint density at radius 2 is 1.94 bits per heavy atom. The van der Waals surface area contributed by atoms with Crippen LogP contribution in [0.15, 0.2) is 36.4 Å². The van der Waals surface area contributed by atoms with Gasteiger partial charge in [0, 0.05) is 30.9 Å². The average Bonchev–Trinajstić information content (AvgIpc) is 2.89. The number of nitrogen functional groups attached to an aromatic ring is 1. The first-order valence-electron chi connectivity index (χ1n) is 11.7. The van der Waals surface area contributed by atoms with Gasteiger partial charge in [0.1, 0.15) is 17.2 Å². The van der Waals surface area contributed by atoms with Crippen LogP contribution in [0, 0.1) is 11.6 Å². The highest BCUT2D eigenvalue weighted by atomic mass is 19.1. The molecule has 3 N–H and O–H groups in total. The molecule has 10 heteroatoms. The molecule has 190 valence electrons. The highest BCUT2D eigenvalue weighted by molar-refractivity contribution is 5.92. The number of anilines is 1. The summed E-state index contributed by atoms with van der Waals surface area (Å²) in [6.07, 6.45) is 2.60. The molecule has 0 saturated carbocycles. The number of ether oxygens (including phenoxy) is 2. The maximum absolute atomic E-state index is 15.1. The molecule has 1 atom stereocenters. The van der Waals surface area contributed by atoms with Gasteiger partial charge in [0.25, 0.3) is 0 Å². The van der Waals surface area contributed by atoms with Crippen molar-refractivity contribution in [2.45, 2.75) is 25.8 Å². The summed E-state index contributed by atoms with van der Waals surface area (Å²) in [5, 5.41) is 3.63. The predicted octanol–water partition coefficient (Wildman–Crippen LogP) is 3.86. The summed E-state index contributed by atoms with van der Waals surface area (Å²) in [5.74, 6) is -0.430. The smallest absolute Gasteiger partial charge is 0.224 e. The van der Waals surface area contributed by atoms with Crippen LogP contribution in [0.3, 0.4) is 0 Å². The lowest BCUT2D eigenvalue weighted by Crippen LogP contribution is -2.37. The molecule has 1 amide bonds. The van der Waals surface area contributed by atoms with Gasteiger partial charge < -0.3 is 25.4 Å². The molecule has 4 rings (SSSR count). The Balaban J connectivity index is 1.53. The number of hydrogen-bond donors (Lipinski definition) is 2. The van der Waals surface area contributed by atoms with E-state index in [4.69, 9.17) is 15.2 Å². The number of aromatic nitrogens is 2. The van der Waals surface area contributed by atoms with Crippen molar-refractivity contribution in [1.29, 1.82) is 0 Å². The van der Waals surface area contributed by atoms with E-state index in [9.17, 15) is 9.18 Å². The monoisotopic (exact) mass is 497 g/mol. The van der Waals surface area contributed by atoms with Crippen molar-refractivity contribution in [3.8, 4) is 11.5 Å². The minimum Gasteiger partial charge on any atom is -0.493 e. The number of carbonyl (C=O) groups is 1. The molecule has 0 saturated heterocycles. The molecule has 0 aliphatic carbocycles. The van der Waals surface area contributed by atoms with Gasteiger partial charge in [0.05, 0.1) is 14.2 Å². The largest absolute Gasteiger partial charge is 0.493 e. The van der Waals surface area contributed by atoms with Gasteiger partial charge in [-0.2, -0.15) is 0 Å². The molecule has 0 fully saturated rings. The van der Waals surface area contributed by atoms with Gasteiger partial charge in [-0.1, -0.05) is 25.1 Å². The maximum Gasteiger partial charge on any atom is 0.224 e. The van der Waals surface area contributed by atoms with Gasteiger partial charge in [0.2, 0.25) is 5.91 Å². The van der Waals surface area contributed by atoms with E-state index in [1.807, 2.05) is 13.0 Å². The number of carbonyl (C=O) groups excluding carboxylic acids is 1. The highest BCUT2D eigenvalue weighted by Crippen LogP contribution is 2.37. The zero-order valence-corrected chi connectivity index (χ0v) is 20.5. The van der Waals surface area contributed by atoms with Crippen molar-refractivity contribution >= 4 is 28.2 Å². The summed E-state index contributed by atoms with van der Waals surface area (Å²) < 4.78 is 38.8. The van der Waals surface area contributed by atoms with Gasteiger partial charge in [-0.15, -0.1) is 0 Å². The first kappa shape index (κ1) is 25.3. The Bertz CT molecular complexity index is 1300. The second kappa shape index (κ2) is 10.9. The van der Waals surface area contributed by atoms with E-state index < -0.39 is 5.82 Å². The fourth-order valence-electron chi connectivity index (χ4n) is 4.35. The summed E-state index contributed by atoms with van der Waals surface area (Å²) in [4.78, 5) is 23.6. The van der Waals surface area contributed by atoms with Crippen molar-refractivity contribution in [2.75, 3.05) is 39.6 Å². The van der Waals surface area contributed by atoms with Gasteiger partial charge in [-0.05, 0) is 42.3 Å². The third-order valence-electron chi connectivity index (χ3n) is 6.26. The number of methoxy groups -OCH3 is 2. The Kier molecular flexibility index (Phi) is 7.64. The number of nitrogens with one attached hydrogen (secondary N) is 1. The van der Waals surface area contributed by atoms with E-state index in [0.717, 1.165) is 11.1 Å². The molecule has 3 aromatic rings. The minimum absolute atomic E-state index is 0.0256. The Labute approximate surface area is 208 Å². The van der Waals surface area contributed by atoms with Crippen molar-refractivity contribution in [1.82, 2.24) is 20.2 Å². The molecule has 1 unspecified atom stereocenters. The van der Waals surface area contributed by atoms with Crippen molar-refractivity contribution in [2.24, 2.45) is 0 Å². The standard InChI is InChI=1S/C26H29F2N5O3/c1-4-30-19(15-5-7-17(27)8-6-15)14-21(34)33-11-9-16(10-12-33)26-31-23-18(25(29)32-26)13-20(35-2)24(36-3)22(23)28/h5-9,13,19,30H,4,10-12,14H2,1-3H3,(H2,29,31,32). The molecule has 36 heavy (non-hydrogen) atoms. The molecule has 2 heterocycles. The number of hydrogen-bond acceptors (Lipinski definition) is 7. The topological polar surface area (TPSA) is 103 Å². The lowest BCUT2D eigenvalue weighted by Gasteiger charge is -2.28. The molecule has 1 aliphatic rings. The Morgan fingerprint density at radius 3 is 2.56 bits per heavy atom. The van der Waals surface area contributed by atoms with Crippen LogP contribution in [0.2, 0.25) is 0 Å². The van der Waals surface area contributed by atoms with E-state index in [1.54, 1.807) is 23.1 Å². The number of fused-ring (bicyclic) bond motifs is 1. The number of rotatable bonds is 8. The minimum atomic E-state index is -0.675. The lowest BCUT2D eigenvalue weighted by molar-refractivity contribution is -0.131. The van der Waals surface area contributed by atoms with E-state index in [1.165, 1.54) is 26.4 Å². The number of nitrogens with zero attached hydrogens (tertiary/aromatic N) is 3. The van der Waals surface area contributed by atoms with Crippen LogP contribution in [0.25, 0.3) is 16.5 Å². The first-order valence-corrected chi connectivity index (χ1v) is 11.7. The van der Waals surface area contributed by atoms with Crippen LogP contribution in [-0.4, -0.2) is 54.6 Å². The summed E-state index contributed by atoms with van der Waals surface area (Å²) >= 11 is 0. The van der Waals surface area contributed by atoms with Crippen LogP contribution in [-0.2, 0) is 4.79 Å². The van der Waals surface area contributed by atoms with Crippen molar-refractivity contribution < 1.29 is 23.0 Å². The van der Waals surface area contributed by atoms with Crippen LogP contribution in [0.5, 0.6) is 11.5 Å². The first-order chi connectivity index (χ1) is 17.4. The summed E-state index contributed by atoms with van der Waals surface area (Å²) in [5.41, 5.74) is 7.82. The number of benzene rings is 2. The van der Waals surface area contributed by atoms with Crippen LogP contribution in [0.1, 0.15) is 37.2 Å². The third-order valence-corrected chi connectivity index (χ3v) is 6.26. The third kappa shape index (κ3) is 5.08. The quantitative estimate of drug-likeness (QED) is 0.487. The fraction of sp³-hybridized carbons (Fsp3) is 0.346. The van der Waals surface area contributed by atoms with E-state index in [0.29, 0.717) is 37.3 Å². The number of halogens is 2. The molecule has 1 aromatic heterocycles. The summed E-state index contributed by atoms with van der Waals surface area (Å²) in [6.45, 7) is 3.46. The zero-order valence-electron chi connectivity index (χ0n) is 20.5. The molecule has 8 nitrogen and oxygen atoms in total. The number of amides is 1. The molecular weight excluding hydrogens is 468 g/mol. The lowest BCUT2D eigenvalue weighted by atomic mass is 10.0. The van der Waals surface area contributed by atoms with Crippen LogP contribution >= 0.6 is 0 Å². The number of nitrogens with two attached hydrogens (primary N) is 1. The second-order valence-corrected chi connectivity index (χ2v) is 8.44. The maximum atomic E-state index is 15.1. The van der Waals surface area contributed by atoms with Gasteiger partial charge in [-0.25, -0.2) is 18.7 Å². The summed E-state index contributed by atoms with van der Waals surface area (Å²) in [6, 6.07) is 7.50. The average molecular weight is 498 g/mol. The van der Waals surface area contributed by atoms with Crippen molar-refractivity contribution in [3.05, 3.63) is 59.4 Å². The molecule has 1 aliphatic heterocycles. The van der Waals surface area contributed by atoms with E-state index >= 15 is 4.39 Å². The molecule has 0 spiro atoms. The van der Waals surface area contributed by atoms with Gasteiger partial charge in [0.15, 0.2) is 23.1 Å². The molecule has 0 bridgehead atoms.